The molecule has 0 unspecified atom stereocenters. The summed E-state index contributed by atoms with van der Waals surface area (Å²) in [5.74, 6) is -4.62. The Balaban J connectivity index is 0.000000205. The number of carboxylic acid groups (broad SMARTS) is 4. The van der Waals surface area contributed by atoms with Crippen molar-refractivity contribution in [2.24, 2.45) is 5.92 Å². The van der Waals surface area contributed by atoms with Crippen LogP contribution in [0.1, 0.15) is 30.4 Å². The van der Waals surface area contributed by atoms with Crippen LogP contribution >= 0.6 is 0 Å². The highest BCUT2D eigenvalue weighted by molar-refractivity contribution is 5.89. The van der Waals surface area contributed by atoms with E-state index in [0.717, 1.165) is 37.3 Å². The van der Waals surface area contributed by atoms with E-state index in [4.69, 9.17) is 50.3 Å². The van der Waals surface area contributed by atoms with Crippen molar-refractivity contribution in [3.05, 3.63) is 23.3 Å². The molecule has 0 amide bonds. The fourth-order valence-electron chi connectivity index (χ4n) is 6.21. The molecule has 0 radical (unpaired) electrons. The number of aliphatic carboxylic acids is 4. The molecule has 2 aliphatic heterocycles. The lowest BCUT2D eigenvalue weighted by Gasteiger charge is -2.57. The van der Waals surface area contributed by atoms with Gasteiger partial charge in [-0.2, -0.15) is 0 Å². The number of aliphatic hydroxyl groups is 4. The number of carbonyl (C=O) groups excluding carboxylic acids is 1. The maximum atomic E-state index is 12.6. The van der Waals surface area contributed by atoms with Gasteiger partial charge < -0.3 is 55.2 Å². The highest BCUT2D eigenvalue weighted by Crippen LogP contribution is 2.63. The van der Waals surface area contributed by atoms with E-state index in [2.05, 4.69) is 18.0 Å². The van der Waals surface area contributed by atoms with Crippen LogP contribution in [0.2, 0.25) is 0 Å². The molecule has 8 atom stereocenters. The van der Waals surface area contributed by atoms with Gasteiger partial charge in [-0.05, 0) is 50.4 Å². The Labute approximate surface area is 238 Å². The van der Waals surface area contributed by atoms with E-state index in [1.807, 2.05) is 6.07 Å². The topological polar surface area (TPSA) is 269 Å². The van der Waals surface area contributed by atoms with Gasteiger partial charge in [0.25, 0.3) is 0 Å². The van der Waals surface area contributed by atoms with E-state index in [-0.39, 0.29) is 17.3 Å². The van der Waals surface area contributed by atoms with Crippen molar-refractivity contribution in [1.29, 1.82) is 0 Å². The molecule has 8 N–H and O–H groups in total. The normalized spacial score (nSPS) is 27.7. The summed E-state index contributed by atoms with van der Waals surface area (Å²) in [5, 5.41) is 65.1. The van der Waals surface area contributed by atoms with Crippen LogP contribution in [-0.4, -0.2) is 133 Å². The van der Waals surface area contributed by atoms with Crippen LogP contribution in [0.3, 0.4) is 0 Å². The molecule has 232 valence electrons. The van der Waals surface area contributed by atoms with Gasteiger partial charge in [0.1, 0.15) is 0 Å². The van der Waals surface area contributed by atoms with Crippen molar-refractivity contribution in [2.75, 3.05) is 20.7 Å². The van der Waals surface area contributed by atoms with Crippen molar-refractivity contribution in [3.8, 4) is 11.5 Å². The first-order valence-electron chi connectivity index (χ1n) is 12.8. The molecular weight excluding hydrogens is 566 g/mol. The predicted octanol–water partition coefficient (Wildman–Crippen LogP) is -2.31. The number of Topliss-reactive ketones (excluding diaryl/α,β-unsaturated/α-hetero) is 1. The minimum absolute atomic E-state index is 0.0933. The number of ether oxygens (including phenoxy) is 2. The maximum absolute atomic E-state index is 12.6. The number of ketones is 1. The van der Waals surface area contributed by atoms with Gasteiger partial charge in [0.2, 0.25) is 0 Å². The minimum atomic E-state index is -2.27. The molecule has 1 spiro atoms. The number of carboxylic acids is 4. The van der Waals surface area contributed by atoms with E-state index >= 15 is 0 Å². The van der Waals surface area contributed by atoms with Crippen LogP contribution in [0.4, 0.5) is 0 Å². The molecule has 1 saturated heterocycles. The number of rotatable bonds is 7. The van der Waals surface area contributed by atoms with Crippen LogP contribution < -0.4 is 9.47 Å². The molecule has 4 aliphatic rings. The Hall–Kier alpha value is -3.83. The molecule has 42 heavy (non-hydrogen) atoms. The number of likely N-dealkylation sites (N-methyl/N-ethyl adjacent to an activating group) is 1. The fraction of sp³-hybridized carbons (Fsp3) is 0.577. The van der Waals surface area contributed by atoms with Crippen molar-refractivity contribution in [1.82, 2.24) is 4.90 Å². The molecule has 2 fully saturated rings. The highest BCUT2D eigenvalue weighted by atomic mass is 16.5. The van der Waals surface area contributed by atoms with Crippen molar-refractivity contribution in [3.63, 3.8) is 0 Å². The Bertz CT molecular complexity index is 1180. The summed E-state index contributed by atoms with van der Waals surface area (Å²) in [7, 11) is 3.91. The summed E-state index contributed by atoms with van der Waals surface area (Å²) in [6.45, 7) is 1.05. The summed E-state index contributed by atoms with van der Waals surface area (Å²) in [6, 6.07) is 4.73. The SMILES string of the molecule is COc1ccc2c3c1O[C@H]1C(=O)CC[C@H]4[C@@H](C2)N(C)CC[C@]314.O=C(O)[C@H](O)[C@@H](O)C(=O)O.O=C(O)[C@H](O)[C@@H](O)C(=O)O. The number of aliphatic hydroxyl groups excluding tert-OH is 4. The van der Waals surface area contributed by atoms with Crippen molar-refractivity contribution < 1.29 is 74.3 Å². The first kappa shape index (κ1) is 32.7. The second-order valence-corrected chi connectivity index (χ2v) is 10.4. The van der Waals surface area contributed by atoms with Gasteiger partial charge in [-0.1, -0.05) is 6.07 Å². The van der Waals surface area contributed by atoms with Crippen molar-refractivity contribution in [2.45, 2.75) is 67.7 Å². The largest absolute Gasteiger partial charge is 0.493 e. The zero-order valence-corrected chi connectivity index (χ0v) is 22.6. The predicted molar refractivity (Wildman–Crippen MR) is 136 cm³/mol. The number of hydrogen-bond acceptors (Lipinski definition) is 12. The van der Waals surface area contributed by atoms with Gasteiger partial charge in [0.15, 0.2) is 47.8 Å². The van der Waals surface area contributed by atoms with Gasteiger partial charge in [0, 0.05) is 23.4 Å². The molecule has 1 aromatic rings. The zero-order valence-electron chi connectivity index (χ0n) is 22.6. The van der Waals surface area contributed by atoms with Crippen LogP contribution in [0.5, 0.6) is 11.5 Å². The second-order valence-electron chi connectivity index (χ2n) is 10.4. The zero-order chi connectivity index (χ0) is 31.7. The lowest BCUT2D eigenvalue weighted by Crippen LogP contribution is -2.65. The second kappa shape index (κ2) is 12.6. The number of methoxy groups -OCH3 is 1. The molecule has 0 aromatic heterocycles. The molecule has 1 aromatic carbocycles. The Kier molecular flexibility index (Phi) is 9.79. The van der Waals surface area contributed by atoms with Crippen molar-refractivity contribution >= 4 is 29.7 Å². The summed E-state index contributed by atoms with van der Waals surface area (Å²) >= 11 is 0. The van der Waals surface area contributed by atoms with E-state index in [1.54, 1.807) is 7.11 Å². The van der Waals surface area contributed by atoms with Crippen LogP contribution in [-0.2, 0) is 35.8 Å². The smallest absolute Gasteiger partial charge is 0.335 e. The van der Waals surface area contributed by atoms with E-state index < -0.39 is 48.3 Å². The molecule has 2 bridgehead atoms. The van der Waals surface area contributed by atoms with Gasteiger partial charge >= 0.3 is 23.9 Å². The lowest BCUT2D eigenvalue weighted by atomic mass is 9.52. The van der Waals surface area contributed by atoms with Gasteiger partial charge in [-0.25, -0.2) is 19.2 Å². The number of nitrogens with zero attached hydrogens (tertiary/aromatic N) is 1. The summed E-state index contributed by atoms with van der Waals surface area (Å²) in [4.78, 5) is 54.2. The van der Waals surface area contributed by atoms with Crippen LogP contribution in [0.25, 0.3) is 0 Å². The summed E-state index contributed by atoms with van der Waals surface area (Å²) in [5.41, 5.74) is 2.57. The van der Waals surface area contributed by atoms with E-state index in [0.29, 0.717) is 18.4 Å². The third-order valence-corrected chi connectivity index (χ3v) is 8.20. The Morgan fingerprint density at radius 1 is 0.929 bits per heavy atom. The Morgan fingerprint density at radius 2 is 1.43 bits per heavy atom. The highest BCUT2D eigenvalue weighted by Gasteiger charge is 2.65. The summed E-state index contributed by atoms with van der Waals surface area (Å²) < 4.78 is 11.8. The number of benzene rings is 1. The number of likely N-dealkylation sites (tertiary alicyclic amines) is 1. The van der Waals surface area contributed by atoms with Gasteiger partial charge in [-0.15, -0.1) is 0 Å². The first-order valence-corrected chi connectivity index (χ1v) is 12.8. The monoisotopic (exact) mass is 599 g/mol. The van der Waals surface area contributed by atoms with Gasteiger partial charge in [-0.3, -0.25) is 4.79 Å². The molecule has 16 heteroatoms. The number of hydrogen-bond donors (Lipinski definition) is 8. The maximum Gasteiger partial charge on any atom is 0.335 e. The molecule has 2 aliphatic carbocycles. The first-order chi connectivity index (χ1) is 19.6. The standard InChI is InChI=1S/C18H21NO3.2C4H6O6/c1-19-8-7-18-11-4-5-13(20)17(18)22-16-14(21-2)6-3-10(15(16)18)9-12(11)19;2*5-1(3(7)8)2(6)4(9)10/h3,6,11-12,17H,4-5,7-9H2,1-2H3;2*1-2,5-6H,(H,7,8)(H,9,10)/t11-,12+,17-,18-;2*1-,2-/m011/s1. The number of carbonyl (C=O) groups is 5. The van der Waals surface area contributed by atoms with Crippen LogP contribution in [0.15, 0.2) is 12.1 Å². The fourth-order valence-corrected chi connectivity index (χ4v) is 6.21. The van der Waals surface area contributed by atoms with E-state index in [9.17, 15) is 24.0 Å². The quantitative estimate of drug-likeness (QED) is 0.163. The van der Waals surface area contributed by atoms with Crippen LogP contribution in [0, 0.1) is 5.92 Å². The Morgan fingerprint density at radius 3 is 1.88 bits per heavy atom. The minimum Gasteiger partial charge on any atom is -0.493 e. The molecular formula is C26H33NO15. The third-order valence-electron chi connectivity index (χ3n) is 8.20. The third kappa shape index (κ3) is 5.76. The lowest BCUT2D eigenvalue weighted by molar-refractivity contribution is -0.165. The molecule has 16 nitrogen and oxygen atoms in total. The molecule has 1 saturated carbocycles. The van der Waals surface area contributed by atoms with E-state index in [1.165, 1.54) is 11.1 Å². The van der Waals surface area contributed by atoms with Gasteiger partial charge in [0.05, 0.1) is 7.11 Å². The average Bonchev–Trinajstić information content (AvgIpc) is 3.30. The summed E-state index contributed by atoms with van der Waals surface area (Å²) in [6.07, 6.45) is -5.59. The molecule has 2 heterocycles. The molecule has 5 rings (SSSR count). The number of piperidine rings is 1. The average molecular weight is 600 g/mol.